The van der Waals surface area contributed by atoms with Crippen LogP contribution >= 0.6 is 33.9 Å². The molecule has 0 saturated heterocycles. The third kappa shape index (κ3) is 2.55. The first kappa shape index (κ1) is 10.2. The Hall–Kier alpha value is 0.100. The van der Waals surface area contributed by atoms with Crippen LogP contribution in [-0.2, 0) is 6.42 Å². The largest absolute Gasteiger partial charge is 0.297 e. The molecule has 0 atom stereocenters. The lowest BCUT2D eigenvalue weighted by atomic mass is 10.1. The third-order valence-electron chi connectivity index (χ3n) is 1.69. The molecule has 1 aromatic rings. The normalized spacial score (nSPS) is 10.2. The summed E-state index contributed by atoms with van der Waals surface area (Å²) in [6, 6.07) is 2.01. The van der Waals surface area contributed by atoms with Gasteiger partial charge in [-0.15, -0.1) is 11.3 Å². The molecule has 1 rings (SSSR count). The maximum absolute atomic E-state index is 10.5. The van der Waals surface area contributed by atoms with Crippen molar-refractivity contribution in [3.05, 3.63) is 19.4 Å². The van der Waals surface area contributed by atoms with Gasteiger partial charge < -0.3 is 0 Å². The number of carbonyl (C=O) groups excluding carboxylic acids is 1. The number of aldehydes is 1. The molecule has 0 bridgehead atoms. The van der Waals surface area contributed by atoms with Crippen molar-refractivity contribution in [1.82, 2.24) is 0 Å². The summed E-state index contributed by atoms with van der Waals surface area (Å²) in [5, 5.41) is 0. The van der Waals surface area contributed by atoms with Crippen molar-refractivity contribution in [2.24, 2.45) is 0 Å². The summed E-state index contributed by atoms with van der Waals surface area (Å²) >= 11 is 3.89. The van der Waals surface area contributed by atoms with Crippen LogP contribution in [-0.4, -0.2) is 6.29 Å². The summed E-state index contributed by atoms with van der Waals surface area (Å²) in [6.45, 7) is 2.18. The van der Waals surface area contributed by atoms with Crippen molar-refractivity contribution in [1.29, 1.82) is 0 Å². The maximum Gasteiger partial charge on any atom is 0.160 e. The molecule has 0 amide bonds. The van der Waals surface area contributed by atoms with E-state index in [4.69, 9.17) is 0 Å². The van der Waals surface area contributed by atoms with E-state index in [2.05, 4.69) is 29.5 Å². The average Bonchev–Trinajstić information content (AvgIpc) is 2.43. The highest BCUT2D eigenvalue weighted by Gasteiger charge is 2.04. The van der Waals surface area contributed by atoms with Crippen LogP contribution in [0.4, 0.5) is 0 Å². The highest BCUT2D eigenvalue weighted by Crippen LogP contribution is 2.24. The molecule has 3 heteroatoms. The average molecular weight is 294 g/mol. The molecule has 66 valence electrons. The Balaban J connectivity index is 2.70. The third-order valence-corrected chi connectivity index (χ3v) is 3.94. The Labute approximate surface area is 90.3 Å². The number of unbranched alkanes of at least 4 members (excludes halogenated alkanes) is 1. The molecule has 0 aliphatic rings. The van der Waals surface area contributed by atoms with Gasteiger partial charge in [-0.05, 0) is 47.1 Å². The molecule has 0 saturated carbocycles. The minimum absolute atomic E-state index is 0.852. The monoisotopic (exact) mass is 294 g/mol. The fourth-order valence-electron chi connectivity index (χ4n) is 1.02. The highest BCUT2D eigenvalue weighted by molar-refractivity contribution is 14.1. The van der Waals surface area contributed by atoms with Crippen LogP contribution in [0.2, 0.25) is 0 Å². The van der Waals surface area contributed by atoms with E-state index in [0.717, 1.165) is 17.6 Å². The number of carbonyl (C=O) groups is 1. The van der Waals surface area contributed by atoms with Crippen LogP contribution in [0.5, 0.6) is 0 Å². The smallest absolute Gasteiger partial charge is 0.160 e. The van der Waals surface area contributed by atoms with Gasteiger partial charge in [-0.2, -0.15) is 0 Å². The number of hydrogen-bond acceptors (Lipinski definition) is 2. The highest BCUT2D eigenvalue weighted by atomic mass is 127. The Morgan fingerprint density at radius 3 is 2.92 bits per heavy atom. The molecule has 0 N–H and O–H groups in total. The fraction of sp³-hybridized carbons (Fsp3) is 0.444. The number of thiophene rings is 1. The van der Waals surface area contributed by atoms with Gasteiger partial charge in [0.2, 0.25) is 0 Å². The van der Waals surface area contributed by atoms with Crippen LogP contribution in [0.15, 0.2) is 6.07 Å². The second-order valence-corrected chi connectivity index (χ2v) is 5.56. The van der Waals surface area contributed by atoms with E-state index in [1.807, 2.05) is 6.07 Å². The van der Waals surface area contributed by atoms with Gasteiger partial charge in [0, 0.05) is 0 Å². The number of halogens is 1. The van der Waals surface area contributed by atoms with Crippen LogP contribution in [0.3, 0.4) is 0 Å². The molecule has 0 radical (unpaired) electrons. The van der Waals surface area contributed by atoms with E-state index < -0.39 is 0 Å². The number of aryl methyl sites for hydroxylation is 1. The molecule has 1 heterocycles. The van der Waals surface area contributed by atoms with Crippen molar-refractivity contribution in [3.8, 4) is 0 Å². The van der Waals surface area contributed by atoms with Gasteiger partial charge in [0.05, 0.1) is 7.76 Å². The topological polar surface area (TPSA) is 17.1 Å². The summed E-state index contributed by atoms with van der Waals surface area (Å²) in [7, 11) is 0. The van der Waals surface area contributed by atoms with Gasteiger partial charge in [-0.1, -0.05) is 13.3 Å². The van der Waals surface area contributed by atoms with E-state index in [1.165, 1.54) is 21.3 Å². The minimum atomic E-state index is 0.852. The molecule has 1 aromatic heterocycles. The van der Waals surface area contributed by atoms with Crippen LogP contribution in [0.1, 0.15) is 35.0 Å². The first-order valence-electron chi connectivity index (χ1n) is 4.01. The number of hydrogen-bond donors (Lipinski definition) is 0. The van der Waals surface area contributed by atoms with Crippen molar-refractivity contribution < 1.29 is 4.79 Å². The summed E-state index contributed by atoms with van der Waals surface area (Å²) in [5.74, 6) is 0. The lowest BCUT2D eigenvalue weighted by Crippen LogP contribution is -1.82. The van der Waals surface area contributed by atoms with Gasteiger partial charge in [-0.3, -0.25) is 4.79 Å². The van der Waals surface area contributed by atoms with Crippen LogP contribution in [0, 0.1) is 2.88 Å². The minimum Gasteiger partial charge on any atom is -0.297 e. The van der Waals surface area contributed by atoms with E-state index in [1.54, 1.807) is 11.3 Å². The molecule has 0 unspecified atom stereocenters. The molecule has 0 aliphatic carbocycles. The Bertz CT molecular complexity index is 267. The van der Waals surface area contributed by atoms with E-state index in [0.29, 0.717) is 0 Å². The predicted octanol–water partition coefficient (Wildman–Crippen LogP) is 3.51. The standard InChI is InChI=1S/C9H11IOS/c1-2-3-4-7-5-8(6-11)12-9(7)10/h5-6H,2-4H2,1H3. The number of rotatable bonds is 4. The molecular weight excluding hydrogens is 283 g/mol. The van der Waals surface area contributed by atoms with Gasteiger partial charge >= 0.3 is 0 Å². The summed E-state index contributed by atoms with van der Waals surface area (Å²) < 4.78 is 1.27. The Morgan fingerprint density at radius 2 is 2.42 bits per heavy atom. The second-order valence-electron chi connectivity index (χ2n) is 2.67. The maximum atomic E-state index is 10.5. The SMILES string of the molecule is CCCCc1cc(C=O)sc1I. The van der Waals surface area contributed by atoms with Crippen LogP contribution < -0.4 is 0 Å². The van der Waals surface area contributed by atoms with Gasteiger partial charge in [0.15, 0.2) is 6.29 Å². The zero-order valence-electron chi connectivity index (χ0n) is 6.97. The quantitative estimate of drug-likeness (QED) is 0.613. The van der Waals surface area contributed by atoms with Crippen molar-refractivity contribution in [2.45, 2.75) is 26.2 Å². The van der Waals surface area contributed by atoms with Crippen molar-refractivity contribution in [3.63, 3.8) is 0 Å². The molecule has 0 fully saturated rings. The molecule has 0 spiro atoms. The van der Waals surface area contributed by atoms with E-state index >= 15 is 0 Å². The summed E-state index contributed by atoms with van der Waals surface area (Å²) in [6.07, 6.45) is 4.47. The zero-order chi connectivity index (χ0) is 8.97. The molecular formula is C9H11IOS. The van der Waals surface area contributed by atoms with Gasteiger partial charge in [-0.25, -0.2) is 0 Å². The van der Waals surface area contributed by atoms with Gasteiger partial charge in [0.1, 0.15) is 0 Å². The van der Waals surface area contributed by atoms with Crippen LogP contribution in [0.25, 0.3) is 0 Å². The van der Waals surface area contributed by atoms with Crippen molar-refractivity contribution in [2.75, 3.05) is 0 Å². The van der Waals surface area contributed by atoms with Crippen molar-refractivity contribution >= 4 is 40.2 Å². The summed E-state index contributed by atoms with van der Waals surface area (Å²) in [5.41, 5.74) is 1.34. The Morgan fingerprint density at radius 1 is 1.67 bits per heavy atom. The first-order valence-corrected chi connectivity index (χ1v) is 5.90. The fourth-order valence-corrected chi connectivity index (χ4v) is 2.96. The first-order chi connectivity index (χ1) is 5.77. The van der Waals surface area contributed by atoms with E-state index in [-0.39, 0.29) is 0 Å². The summed E-state index contributed by atoms with van der Waals surface area (Å²) in [4.78, 5) is 11.3. The Kier molecular flexibility index (Phi) is 4.21. The predicted molar refractivity (Wildman–Crippen MR) is 61.0 cm³/mol. The molecule has 0 aliphatic heterocycles. The zero-order valence-corrected chi connectivity index (χ0v) is 9.94. The molecule has 1 nitrogen and oxygen atoms in total. The molecule has 0 aromatic carbocycles. The van der Waals surface area contributed by atoms with E-state index in [9.17, 15) is 4.79 Å². The molecule has 12 heavy (non-hydrogen) atoms. The second kappa shape index (κ2) is 4.97. The lowest BCUT2D eigenvalue weighted by molar-refractivity contribution is 0.112. The lowest BCUT2D eigenvalue weighted by Gasteiger charge is -1.94. The van der Waals surface area contributed by atoms with Gasteiger partial charge in [0.25, 0.3) is 0 Å².